The number of sulfonamides is 1. The van der Waals surface area contributed by atoms with Crippen molar-refractivity contribution in [1.29, 1.82) is 0 Å². The predicted octanol–water partition coefficient (Wildman–Crippen LogP) is 3.82. The molecule has 5 nitrogen and oxygen atoms in total. The fourth-order valence-electron chi connectivity index (χ4n) is 1.74. The summed E-state index contributed by atoms with van der Waals surface area (Å²) in [5.74, 6) is 0.605. The van der Waals surface area contributed by atoms with Gasteiger partial charge in [-0.15, -0.1) is 11.3 Å². The highest BCUT2D eigenvalue weighted by Crippen LogP contribution is 2.34. The topological polar surface area (TPSA) is 68.3 Å². The van der Waals surface area contributed by atoms with Crippen molar-refractivity contribution in [3.05, 3.63) is 34.7 Å². The molecule has 21 heavy (non-hydrogen) atoms. The summed E-state index contributed by atoms with van der Waals surface area (Å²) in [7, 11) is -2.12. The lowest BCUT2D eigenvalue weighted by molar-refractivity contribution is 0.419. The molecule has 2 heterocycles. The number of halogens is 1. The molecule has 0 aliphatic heterocycles. The number of thiazole rings is 1. The molecule has 0 spiro atoms. The number of benzene rings is 1. The minimum Gasteiger partial charge on any atom is -0.494 e. The molecule has 0 saturated heterocycles. The molecule has 110 valence electrons. The largest absolute Gasteiger partial charge is 0.494 e. The number of para-hydroxylation sites is 1. The van der Waals surface area contributed by atoms with Gasteiger partial charge in [0.1, 0.15) is 15.5 Å². The van der Waals surface area contributed by atoms with Crippen LogP contribution in [0, 0.1) is 0 Å². The summed E-state index contributed by atoms with van der Waals surface area (Å²) in [5.41, 5.74) is 0.631. The van der Waals surface area contributed by atoms with Gasteiger partial charge in [-0.25, -0.2) is 13.4 Å². The van der Waals surface area contributed by atoms with Gasteiger partial charge >= 0.3 is 0 Å². The molecule has 0 bridgehead atoms. The number of nitrogens with zero attached hydrogens (tertiary/aromatic N) is 1. The summed E-state index contributed by atoms with van der Waals surface area (Å²) in [6.07, 6.45) is 0. The zero-order chi connectivity index (χ0) is 15.0. The third kappa shape index (κ3) is 2.84. The Balaban J connectivity index is 1.98. The minimum atomic E-state index is -3.67. The Morgan fingerprint density at radius 3 is 2.71 bits per heavy atom. The molecule has 1 N–H and O–H groups in total. The molecule has 0 amide bonds. The highest BCUT2D eigenvalue weighted by Gasteiger charge is 2.19. The number of rotatable bonds is 4. The molecule has 2 aromatic heterocycles. The summed E-state index contributed by atoms with van der Waals surface area (Å²) in [5, 5.41) is 0.291. The fourth-order valence-corrected chi connectivity index (χ4v) is 5.34. The Bertz CT molecular complexity index is 902. The molecule has 0 atom stereocenters. The average molecular weight is 361 g/mol. The van der Waals surface area contributed by atoms with E-state index >= 15 is 0 Å². The number of nitrogens with one attached hydrogen (secondary N) is 1. The molecule has 9 heteroatoms. The normalized spacial score (nSPS) is 11.7. The standard InChI is InChI=1S/C12H9ClN2O3S3/c1-18-7-3-2-4-8-11(7)14-12(19-8)15-21(16,17)10-6-5-9(13)20-10/h2-6H,1H3,(H,14,15). The number of fused-ring (bicyclic) bond motifs is 1. The van der Waals surface area contributed by atoms with E-state index in [4.69, 9.17) is 16.3 Å². The summed E-state index contributed by atoms with van der Waals surface area (Å²) in [6.45, 7) is 0. The zero-order valence-corrected chi connectivity index (χ0v) is 13.9. The van der Waals surface area contributed by atoms with Gasteiger partial charge in [0.2, 0.25) is 0 Å². The highest BCUT2D eigenvalue weighted by molar-refractivity contribution is 7.95. The maximum Gasteiger partial charge on any atom is 0.273 e. The predicted molar refractivity (Wildman–Crippen MR) is 86.3 cm³/mol. The first-order valence-corrected chi connectivity index (χ1v) is 9.21. The van der Waals surface area contributed by atoms with Crippen molar-refractivity contribution in [3.8, 4) is 5.75 Å². The summed E-state index contributed by atoms with van der Waals surface area (Å²) < 4.78 is 33.5. The van der Waals surface area contributed by atoms with E-state index in [9.17, 15) is 8.42 Å². The van der Waals surface area contributed by atoms with Gasteiger partial charge in [0.05, 0.1) is 16.1 Å². The van der Waals surface area contributed by atoms with Gasteiger partial charge in [-0.3, -0.25) is 4.72 Å². The molecule has 3 rings (SSSR count). The second-order valence-electron chi connectivity index (χ2n) is 3.99. The summed E-state index contributed by atoms with van der Waals surface area (Å²) in [6, 6.07) is 8.47. The average Bonchev–Trinajstić information content (AvgIpc) is 3.03. The summed E-state index contributed by atoms with van der Waals surface area (Å²) >= 11 is 8.01. The third-order valence-electron chi connectivity index (χ3n) is 2.64. The van der Waals surface area contributed by atoms with Crippen LogP contribution in [0.3, 0.4) is 0 Å². The van der Waals surface area contributed by atoms with Crippen LogP contribution in [0.15, 0.2) is 34.5 Å². The minimum absolute atomic E-state index is 0.152. The van der Waals surface area contributed by atoms with E-state index < -0.39 is 10.0 Å². The lowest BCUT2D eigenvalue weighted by Gasteiger charge is -2.01. The van der Waals surface area contributed by atoms with Crippen LogP contribution in [0.5, 0.6) is 5.75 Å². The Kier molecular flexibility index (Phi) is 3.78. The van der Waals surface area contributed by atoms with E-state index in [1.165, 1.54) is 17.4 Å². The lowest BCUT2D eigenvalue weighted by atomic mass is 10.3. The Labute approximate surface area is 134 Å². The number of hydrogen-bond donors (Lipinski definition) is 1. The molecule has 0 saturated carbocycles. The SMILES string of the molecule is COc1cccc2sc(NS(=O)(=O)c3ccc(Cl)s3)nc12. The fraction of sp³-hybridized carbons (Fsp3) is 0.0833. The van der Waals surface area contributed by atoms with Gasteiger partial charge < -0.3 is 4.74 Å². The first-order valence-electron chi connectivity index (χ1n) is 5.71. The maximum atomic E-state index is 12.2. The first-order chi connectivity index (χ1) is 9.99. The molecule has 3 aromatic rings. The first kappa shape index (κ1) is 14.6. The van der Waals surface area contributed by atoms with Crippen LogP contribution >= 0.6 is 34.3 Å². The van der Waals surface area contributed by atoms with E-state index in [1.54, 1.807) is 19.2 Å². The van der Waals surface area contributed by atoms with Crippen LogP contribution in [0.1, 0.15) is 0 Å². The zero-order valence-electron chi connectivity index (χ0n) is 10.7. The molecule has 1 aromatic carbocycles. The molecular formula is C12H9ClN2O3S3. The van der Waals surface area contributed by atoms with E-state index in [-0.39, 0.29) is 4.21 Å². The Morgan fingerprint density at radius 2 is 2.05 bits per heavy atom. The van der Waals surface area contributed by atoms with Crippen molar-refractivity contribution >= 4 is 59.6 Å². The molecule has 0 radical (unpaired) electrons. The quantitative estimate of drug-likeness (QED) is 0.767. The van der Waals surface area contributed by atoms with E-state index in [0.29, 0.717) is 20.7 Å². The molecule has 0 unspecified atom stereocenters. The van der Waals surface area contributed by atoms with Gasteiger partial charge in [0.15, 0.2) is 5.13 Å². The van der Waals surface area contributed by atoms with Gasteiger partial charge in [-0.2, -0.15) is 0 Å². The molecule has 0 fully saturated rings. The number of anilines is 1. The van der Waals surface area contributed by atoms with Crippen LogP contribution in [0.25, 0.3) is 10.2 Å². The van der Waals surface area contributed by atoms with Crippen LogP contribution in [-0.2, 0) is 10.0 Å². The number of thiophene rings is 1. The van der Waals surface area contributed by atoms with Crippen LogP contribution < -0.4 is 9.46 Å². The molecular weight excluding hydrogens is 352 g/mol. The van der Waals surface area contributed by atoms with Crippen molar-refractivity contribution in [2.24, 2.45) is 0 Å². The van der Waals surface area contributed by atoms with E-state index in [0.717, 1.165) is 16.0 Å². The van der Waals surface area contributed by atoms with Crippen LogP contribution in [0.2, 0.25) is 4.34 Å². The van der Waals surface area contributed by atoms with Crippen molar-refractivity contribution < 1.29 is 13.2 Å². The van der Waals surface area contributed by atoms with Gasteiger partial charge in [-0.05, 0) is 24.3 Å². The second-order valence-corrected chi connectivity index (χ2v) is 8.65. The Hall–Kier alpha value is -1.35. The van der Waals surface area contributed by atoms with Crippen molar-refractivity contribution in [2.45, 2.75) is 4.21 Å². The number of aromatic nitrogens is 1. The monoisotopic (exact) mass is 360 g/mol. The summed E-state index contributed by atoms with van der Waals surface area (Å²) in [4.78, 5) is 4.28. The molecule has 0 aliphatic rings. The maximum absolute atomic E-state index is 12.2. The highest BCUT2D eigenvalue weighted by atomic mass is 35.5. The van der Waals surface area contributed by atoms with Crippen molar-refractivity contribution in [2.75, 3.05) is 11.8 Å². The lowest BCUT2D eigenvalue weighted by Crippen LogP contribution is -2.10. The molecule has 0 aliphatic carbocycles. The number of methoxy groups -OCH3 is 1. The number of hydrogen-bond acceptors (Lipinski definition) is 6. The van der Waals surface area contributed by atoms with Gasteiger partial charge in [0.25, 0.3) is 10.0 Å². The van der Waals surface area contributed by atoms with Crippen molar-refractivity contribution in [3.63, 3.8) is 0 Å². The van der Waals surface area contributed by atoms with Gasteiger partial charge in [0, 0.05) is 0 Å². The smallest absolute Gasteiger partial charge is 0.273 e. The number of ether oxygens (including phenoxy) is 1. The Morgan fingerprint density at radius 1 is 1.24 bits per heavy atom. The third-order valence-corrected chi connectivity index (χ3v) is 6.76. The second kappa shape index (κ2) is 5.45. The van der Waals surface area contributed by atoms with Gasteiger partial charge in [-0.1, -0.05) is 29.0 Å². The van der Waals surface area contributed by atoms with E-state index in [1.807, 2.05) is 12.1 Å². The van der Waals surface area contributed by atoms with Crippen LogP contribution in [0.4, 0.5) is 5.13 Å². The van der Waals surface area contributed by atoms with Crippen LogP contribution in [-0.4, -0.2) is 20.5 Å². The van der Waals surface area contributed by atoms with E-state index in [2.05, 4.69) is 9.71 Å². The van der Waals surface area contributed by atoms with Crippen molar-refractivity contribution in [1.82, 2.24) is 4.98 Å².